The molecule has 0 aliphatic heterocycles. The third-order valence-electron chi connectivity index (χ3n) is 8.41. The zero-order valence-electron chi connectivity index (χ0n) is 28.8. The van der Waals surface area contributed by atoms with E-state index < -0.39 is 23.7 Å². The maximum absolute atomic E-state index is 14.8. The van der Waals surface area contributed by atoms with Crippen LogP contribution in [0.2, 0.25) is 0 Å². The van der Waals surface area contributed by atoms with Gasteiger partial charge in [-0.1, -0.05) is 114 Å². The Balaban J connectivity index is 0.000000345. The summed E-state index contributed by atoms with van der Waals surface area (Å²) in [6, 6.07) is 31.6. The quantitative estimate of drug-likeness (QED) is 0.166. The largest absolute Gasteiger partial charge is 0.298 e. The van der Waals surface area contributed by atoms with Crippen LogP contribution in [0.5, 0.6) is 0 Å². The Kier molecular flexibility index (Phi) is 10.8. The van der Waals surface area contributed by atoms with Crippen LogP contribution >= 0.6 is 7.14 Å². The van der Waals surface area contributed by atoms with Crippen molar-refractivity contribution in [3.05, 3.63) is 164 Å². The van der Waals surface area contributed by atoms with Gasteiger partial charge in [0.25, 0.3) is 7.14 Å². The van der Waals surface area contributed by atoms with Gasteiger partial charge in [-0.05, 0) is 107 Å². The second kappa shape index (κ2) is 14.4. The number of carbonyl (C=O) groups excluding carboxylic acids is 3. The van der Waals surface area contributed by atoms with Gasteiger partial charge in [0.2, 0.25) is 16.6 Å². The summed E-state index contributed by atoms with van der Waals surface area (Å²) in [5.41, 5.74) is 6.88. The van der Waals surface area contributed by atoms with E-state index in [1.54, 1.807) is 41.5 Å². The van der Waals surface area contributed by atoms with Crippen molar-refractivity contribution >= 4 is 23.7 Å². The minimum Gasteiger partial charge on any atom is -0.298 e. The number of hydrogen-bond donors (Lipinski definition) is 0. The van der Waals surface area contributed by atoms with E-state index in [-0.39, 0.29) is 16.7 Å². The summed E-state index contributed by atoms with van der Waals surface area (Å²) in [7, 11) is -4.78. The molecule has 5 aromatic rings. The van der Waals surface area contributed by atoms with Crippen LogP contribution < -0.4 is 0 Å². The molecule has 0 saturated heterocycles. The van der Waals surface area contributed by atoms with Crippen molar-refractivity contribution < 1.29 is 18.9 Å². The lowest BCUT2D eigenvalue weighted by Gasteiger charge is -2.21. The highest BCUT2D eigenvalue weighted by Gasteiger charge is 2.50. The Morgan fingerprint density at radius 2 is 0.596 bits per heavy atom. The first-order valence-corrected chi connectivity index (χ1v) is 17.5. The zero-order valence-corrected chi connectivity index (χ0v) is 29.7. The Labute approximate surface area is 279 Å². The molecule has 0 heterocycles. The molecule has 5 rings (SSSR count). The van der Waals surface area contributed by atoms with Gasteiger partial charge in [-0.2, -0.15) is 0 Å². The lowest BCUT2D eigenvalue weighted by Crippen LogP contribution is -2.22. The van der Waals surface area contributed by atoms with Crippen molar-refractivity contribution in [1.82, 2.24) is 0 Å². The Morgan fingerprint density at radius 1 is 0.383 bits per heavy atom. The van der Waals surface area contributed by atoms with Crippen molar-refractivity contribution in [1.29, 1.82) is 0 Å². The molecule has 4 nitrogen and oxygen atoms in total. The van der Waals surface area contributed by atoms with E-state index in [0.29, 0.717) is 33.4 Å². The van der Waals surface area contributed by atoms with E-state index in [9.17, 15) is 18.9 Å². The molecule has 240 valence electrons. The van der Waals surface area contributed by atoms with Crippen molar-refractivity contribution in [2.45, 2.75) is 62.3 Å². The highest BCUT2D eigenvalue weighted by Crippen LogP contribution is 2.56. The van der Waals surface area contributed by atoms with Crippen molar-refractivity contribution in [3.8, 4) is 11.1 Å². The fourth-order valence-electron chi connectivity index (χ4n) is 6.56. The molecule has 0 fully saturated rings. The van der Waals surface area contributed by atoms with Crippen LogP contribution in [0.3, 0.4) is 0 Å². The molecule has 0 atom stereocenters. The highest BCUT2D eigenvalue weighted by molar-refractivity contribution is 8.07. The second-order valence-electron chi connectivity index (χ2n) is 12.6. The number of benzene rings is 5. The Morgan fingerprint density at radius 3 is 0.809 bits per heavy atom. The predicted molar refractivity (Wildman–Crippen MR) is 194 cm³/mol. The van der Waals surface area contributed by atoms with Crippen LogP contribution in [-0.4, -0.2) is 16.6 Å². The molecule has 0 aliphatic carbocycles. The van der Waals surface area contributed by atoms with E-state index in [1.165, 1.54) is 11.1 Å². The van der Waals surface area contributed by atoms with Crippen LogP contribution in [0.25, 0.3) is 11.1 Å². The third-order valence-corrected chi connectivity index (χ3v) is 10.8. The van der Waals surface area contributed by atoms with Crippen LogP contribution in [0.15, 0.2) is 97.1 Å². The molecule has 0 amide bonds. The Hall–Kier alpha value is -4.66. The number of aryl methyl sites for hydroxylation is 9. The van der Waals surface area contributed by atoms with Gasteiger partial charge >= 0.3 is 0 Å². The fourth-order valence-corrected chi connectivity index (χ4v) is 9.12. The first kappa shape index (κ1) is 35.2. The lowest BCUT2D eigenvalue weighted by atomic mass is 10.0. The first-order valence-electron chi connectivity index (χ1n) is 15.8. The van der Waals surface area contributed by atoms with E-state index >= 15 is 0 Å². The van der Waals surface area contributed by atoms with Gasteiger partial charge in [0, 0.05) is 16.7 Å². The molecule has 5 heteroatoms. The van der Waals surface area contributed by atoms with Gasteiger partial charge in [-0.25, -0.2) is 0 Å². The average Bonchev–Trinajstić information content (AvgIpc) is 3.00. The summed E-state index contributed by atoms with van der Waals surface area (Å²) in [6.07, 6.45) is 0. The van der Waals surface area contributed by atoms with Gasteiger partial charge in [0.1, 0.15) is 0 Å². The molecular weight excluding hydrogens is 599 g/mol. The minimum absolute atomic E-state index is 0.186. The maximum Gasteiger partial charge on any atom is 0.287 e. The molecule has 0 N–H and O–H groups in total. The predicted octanol–water partition coefficient (Wildman–Crippen LogP) is 11.0. The topological polar surface area (TPSA) is 68.3 Å². The molecule has 47 heavy (non-hydrogen) atoms. The van der Waals surface area contributed by atoms with Crippen LogP contribution in [0, 0.1) is 62.3 Å². The van der Waals surface area contributed by atoms with Crippen molar-refractivity contribution in [3.63, 3.8) is 0 Å². The van der Waals surface area contributed by atoms with E-state index in [2.05, 4.69) is 48.5 Å². The molecule has 0 spiro atoms. The van der Waals surface area contributed by atoms with E-state index in [1.807, 2.05) is 69.3 Å². The molecule has 5 aromatic carbocycles. The summed E-state index contributed by atoms with van der Waals surface area (Å²) in [6.45, 7) is 16.2. The highest BCUT2D eigenvalue weighted by atomic mass is 31.2. The first-order chi connectivity index (χ1) is 22.2. The average molecular weight is 643 g/mol. The second-order valence-corrected chi connectivity index (χ2v) is 15.0. The third kappa shape index (κ3) is 7.34. The summed E-state index contributed by atoms with van der Waals surface area (Å²) >= 11 is 0. The molecule has 0 bridgehead atoms. The van der Waals surface area contributed by atoms with Crippen LogP contribution in [0.4, 0.5) is 0 Å². The van der Waals surface area contributed by atoms with Gasteiger partial charge < -0.3 is 0 Å². The fraction of sp³-hybridized carbons (Fsp3) is 0.214. The minimum atomic E-state index is -4.78. The van der Waals surface area contributed by atoms with Crippen LogP contribution in [0.1, 0.15) is 81.1 Å². The zero-order chi connectivity index (χ0) is 34.6. The number of hydrogen-bond acceptors (Lipinski definition) is 4. The summed E-state index contributed by atoms with van der Waals surface area (Å²) in [4.78, 5) is 42.4. The van der Waals surface area contributed by atoms with Crippen molar-refractivity contribution in [2.75, 3.05) is 0 Å². The van der Waals surface area contributed by atoms with Gasteiger partial charge in [0.05, 0.1) is 0 Å². The van der Waals surface area contributed by atoms with Crippen LogP contribution in [-0.2, 0) is 4.57 Å². The molecule has 0 aromatic heterocycles. The summed E-state index contributed by atoms with van der Waals surface area (Å²) < 4.78 is 14.8. The van der Waals surface area contributed by atoms with Gasteiger partial charge in [0.15, 0.2) is 0 Å². The molecule has 0 aliphatic rings. The summed E-state index contributed by atoms with van der Waals surface area (Å²) in [5.74, 6) is 0. The summed E-state index contributed by atoms with van der Waals surface area (Å²) in [5, 5.41) is 0. The van der Waals surface area contributed by atoms with Gasteiger partial charge in [-0.3, -0.25) is 18.9 Å². The van der Waals surface area contributed by atoms with Crippen molar-refractivity contribution in [2.24, 2.45) is 0 Å². The molecular formula is C42H43O4P. The van der Waals surface area contributed by atoms with Gasteiger partial charge in [-0.15, -0.1) is 0 Å². The normalized spacial score (nSPS) is 11.0. The lowest BCUT2D eigenvalue weighted by molar-refractivity contribution is 0.100. The molecule has 0 radical (unpaired) electrons. The number of carbonyl (C=O) groups is 3. The smallest absolute Gasteiger partial charge is 0.287 e. The molecule has 0 unspecified atom stereocenters. The van der Waals surface area contributed by atoms with E-state index in [4.69, 9.17) is 0 Å². The standard InChI is InChI=1S/C30H33O4P.C12H10/c1-16-10-19(4)25(20(5)11-16)28(31)35(34,29(32)26-21(6)12-17(2)13-22(26)7)30(33)27-23(8)14-18(3)15-24(27)9;1-3-7-11(8-4-1)12-9-5-2-6-10-12/h10-15H,1-9H3;1-10H. The SMILES string of the molecule is Cc1cc(C)c(C(=O)P(=O)(C(=O)c2c(C)cc(C)cc2C)C(=O)c2c(C)cc(C)cc2C)c(C)c1.c1ccc(-c2ccccc2)cc1. The maximum atomic E-state index is 14.8. The Bertz CT molecular complexity index is 1760. The molecule has 0 saturated carbocycles. The van der Waals surface area contributed by atoms with E-state index in [0.717, 1.165) is 16.7 Å². The monoisotopic (exact) mass is 642 g/mol. The number of rotatable bonds is 7.